The molecule has 3 unspecified atom stereocenters. The molecule has 3 atom stereocenters. The quantitative estimate of drug-likeness (QED) is 0.682. The number of esters is 1. The van der Waals surface area contributed by atoms with E-state index in [0.717, 1.165) is 16.3 Å². The number of carbonyl (C=O) groups excluding carboxylic acids is 1. The van der Waals surface area contributed by atoms with E-state index in [2.05, 4.69) is 15.9 Å². The van der Waals surface area contributed by atoms with Crippen molar-refractivity contribution in [2.75, 3.05) is 12.3 Å². The number of hydrogen-bond acceptors (Lipinski definition) is 3. The van der Waals surface area contributed by atoms with E-state index >= 15 is 0 Å². The number of rotatable bonds is 3. The van der Waals surface area contributed by atoms with E-state index in [1.54, 1.807) is 18.2 Å². The number of nitrogens with two attached hydrogens (primary N) is 1. The Morgan fingerprint density at radius 3 is 2.89 bits per heavy atom. The van der Waals surface area contributed by atoms with E-state index in [1.807, 2.05) is 0 Å². The normalized spacial score (nSPS) is 28.6. The molecule has 2 saturated carbocycles. The summed E-state index contributed by atoms with van der Waals surface area (Å²) in [6.45, 7) is 0.557. The zero-order chi connectivity index (χ0) is 13.4. The third-order valence-electron chi connectivity index (χ3n) is 4.52. The van der Waals surface area contributed by atoms with Gasteiger partial charge in [-0.2, -0.15) is 0 Å². The van der Waals surface area contributed by atoms with Crippen molar-refractivity contribution in [1.29, 1.82) is 0 Å². The number of anilines is 1. The summed E-state index contributed by atoms with van der Waals surface area (Å²) in [5, 5.41) is 0. The van der Waals surface area contributed by atoms with Gasteiger partial charge in [-0.05, 0) is 71.1 Å². The minimum absolute atomic E-state index is 0.276. The van der Waals surface area contributed by atoms with E-state index in [4.69, 9.17) is 10.5 Å². The lowest BCUT2D eigenvalue weighted by molar-refractivity contribution is 0.0393. The molecular weight excluding hydrogens is 306 g/mol. The molecule has 0 aliphatic heterocycles. The Hall–Kier alpha value is -1.03. The highest BCUT2D eigenvalue weighted by Crippen LogP contribution is 2.48. The molecule has 2 bridgehead atoms. The van der Waals surface area contributed by atoms with Crippen LogP contribution in [0.2, 0.25) is 0 Å². The van der Waals surface area contributed by atoms with Gasteiger partial charge in [0.05, 0.1) is 12.2 Å². The lowest BCUT2D eigenvalue weighted by Crippen LogP contribution is -2.19. The van der Waals surface area contributed by atoms with Crippen molar-refractivity contribution in [2.45, 2.75) is 25.7 Å². The van der Waals surface area contributed by atoms with Gasteiger partial charge in [-0.1, -0.05) is 6.42 Å². The van der Waals surface area contributed by atoms with Gasteiger partial charge in [-0.3, -0.25) is 0 Å². The molecule has 3 nitrogen and oxygen atoms in total. The Balaban J connectivity index is 1.61. The van der Waals surface area contributed by atoms with Crippen molar-refractivity contribution in [1.82, 2.24) is 0 Å². The fraction of sp³-hybridized carbons (Fsp3) is 0.533. The zero-order valence-electron chi connectivity index (χ0n) is 10.8. The van der Waals surface area contributed by atoms with Gasteiger partial charge in [0.1, 0.15) is 0 Å². The summed E-state index contributed by atoms with van der Waals surface area (Å²) >= 11 is 3.36. The van der Waals surface area contributed by atoms with Crippen molar-refractivity contribution in [2.24, 2.45) is 17.8 Å². The van der Waals surface area contributed by atoms with E-state index in [-0.39, 0.29) is 5.97 Å². The SMILES string of the molecule is Nc1ccc(Br)c(C(=O)OCC2CC3CCC2C3)c1. The van der Waals surface area contributed by atoms with E-state index in [0.29, 0.717) is 23.8 Å². The van der Waals surface area contributed by atoms with Crippen LogP contribution in [0.1, 0.15) is 36.0 Å². The average molecular weight is 324 g/mol. The molecule has 0 heterocycles. The van der Waals surface area contributed by atoms with Gasteiger partial charge in [0.15, 0.2) is 0 Å². The van der Waals surface area contributed by atoms with Crippen LogP contribution >= 0.6 is 15.9 Å². The van der Waals surface area contributed by atoms with Gasteiger partial charge in [-0.25, -0.2) is 4.79 Å². The van der Waals surface area contributed by atoms with Crippen LogP contribution in [-0.4, -0.2) is 12.6 Å². The molecule has 2 fully saturated rings. The summed E-state index contributed by atoms with van der Waals surface area (Å²) in [5.41, 5.74) is 6.80. The zero-order valence-corrected chi connectivity index (χ0v) is 12.4. The molecule has 2 aliphatic rings. The largest absolute Gasteiger partial charge is 0.462 e. The molecule has 3 rings (SSSR count). The third kappa shape index (κ3) is 2.64. The van der Waals surface area contributed by atoms with Crippen LogP contribution in [0, 0.1) is 17.8 Å². The first-order valence-corrected chi connectivity index (χ1v) is 7.65. The fourth-order valence-corrected chi connectivity index (χ4v) is 3.95. The Kier molecular flexibility index (Phi) is 3.52. The number of nitrogen functional groups attached to an aromatic ring is 1. The van der Waals surface area contributed by atoms with Crippen LogP contribution in [0.3, 0.4) is 0 Å². The van der Waals surface area contributed by atoms with Crippen LogP contribution < -0.4 is 5.73 Å². The van der Waals surface area contributed by atoms with Crippen LogP contribution in [-0.2, 0) is 4.74 Å². The first-order chi connectivity index (χ1) is 9.13. The predicted molar refractivity (Wildman–Crippen MR) is 77.8 cm³/mol. The maximum atomic E-state index is 12.1. The summed E-state index contributed by atoms with van der Waals surface area (Å²) in [5.74, 6) is 1.96. The van der Waals surface area contributed by atoms with E-state index in [1.165, 1.54) is 25.7 Å². The summed E-state index contributed by atoms with van der Waals surface area (Å²) in [6, 6.07) is 5.20. The number of benzene rings is 1. The van der Waals surface area contributed by atoms with Gasteiger partial charge in [0.2, 0.25) is 0 Å². The molecule has 1 aromatic carbocycles. The van der Waals surface area contributed by atoms with Crippen molar-refractivity contribution in [3.8, 4) is 0 Å². The monoisotopic (exact) mass is 323 g/mol. The Labute approximate surface area is 121 Å². The molecule has 19 heavy (non-hydrogen) atoms. The standard InChI is InChI=1S/C15H18BrNO2/c16-14-4-3-12(17)7-13(14)15(18)19-8-11-6-9-1-2-10(11)5-9/h3-4,7,9-11H,1-2,5-6,8,17H2. The van der Waals surface area contributed by atoms with E-state index < -0.39 is 0 Å². The minimum atomic E-state index is -0.276. The highest BCUT2D eigenvalue weighted by atomic mass is 79.9. The van der Waals surface area contributed by atoms with Gasteiger partial charge in [0, 0.05) is 10.2 Å². The average Bonchev–Trinajstić information content (AvgIpc) is 3.01. The Bertz CT molecular complexity index is 503. The molecular formula is C15H18BrNO2. The maximum absolute atomic E-state index is 12.1. The second-order valence-corrected chi connectivity index (χ2v) is 6.63. The topological polar surface area (TPSA) is 52.3 Å². The second-order valence-electron chi connectivity index (χ2n) is 5.77. The predicted octanol–water partition coefficient (Wildman–Crippen LogP) is 3.62. The molecule has 1 aromatic rings. The second kappa shape index (κ2) is 5.16. The number of carbonyl (C=O) groups is 1. The van der Waals surface area contributed by atoms with Crippen LogP contribution in [0.15, 0.2) is 22.7 Å². The summed E-state index contributed by atoms with van der Waals surface area (Å²) in [7, 11) is 0. The molecule has 0 saturated heterocycles. The third-order valence-corrected chi connectivity index (χ3v) is 5.21. The Morgan fingerprint density at radius 2 is 2.21 bits per heavy atom. The smallest absolute Gasteiger partial charge is 0.339 e. The van der Waals surface area contributed by atoms with Crippen molar-refractivity contribution >= 4 is 27.6 Å². The van der Waals surface area contributed by atoms with E-state index in [9.17, 15) is 4.79 Å². The molecule has 2 aliphatic carbocycles. The molecule has 0 radical (unpaired) electrons. The van der Waals surface area contributed by atoms with Crippen LogP contribution in [0.4, 0.5) is 5.69 Å². The van der Waals surface area contributed by atoms with Crippen LogP contribution in [0.25, 0.3) is 0 Å². The highest BCUT2D eigenvalue weighted by molar-refractivity contribution is 9.10. The minimum Gasteiger partial charge on any atom is -0.462 e. The Morgan fingerprint density at radius 1 is 1.37 bits per heavy atom. The summed E-state index contributed by atoms with van der Waals surface area (Å²) in [4.78, 5) is 12.1. The molecule has 2 N–H and O–H groups in total. The van der Waals surface area contributed by atoms with Gasteiger partial charge in [0.25, 0.3) is 0 Å². The fourth-order valence-electron chi connectivity index (χ4n) is 3.54. The first kappa shape index (κ1) is 13.0. The number of halogens is 1. The molecule has 0 aromatic heterocycles. The molecule has 0 spiro atoms. The first-order valence-electron chi connectivity index (χ1n) is 6.85. The van der Waals surface area contributed by atoms with Gasteiger partial charge < -0.3 is 10.5 Å². The summed E-state index contributed by atoms with van der Waals surface area (Å²) < 4.78 is 6.21. The molecule has 102 valence electrons. The lowest BCUT2D eigenvalue weighted by atomic mass is 9.89. The highest BCUT2D eigenvalue weighted by Gasteiger charge is 2.39. The number of fused-ring (bicyclic) bond motifs is 2. The van der Waals surface area contributed by atoms with Crippen LogP contribution in [0.5, 0.6) is 0 Å². The molecule has 4 heteroatoms. The summed E-state index contributed by atoms with van der Waals surface area (Å²) in [6.07, 6.45) is 5.25. The van der Waals surface area contributed by atoms with Gasteiger partial charge in [-0.15, -0.1) is 0 Å². The van der Waals surface area contributed by atoms with Gasteiger partial charge >= 0.3 is 5.97 Å². The van der Waals surface area contributed by atoms with Crippen molar-refractivity contribution in [3.63, 3.8) is 0 Å². The number of hydrogen-bond donors (Lipinski definition) is 1. The lowest BCUT2D eigenvalue weighted by Gasteiger charge is -2.21. The van der Waals surface area contributed by atoms with Crippen molar-refractivity contribution in [3.05, 3.63) is 28.2 Å². The maximum Gasteiger partial charge on any atom is 0.339 e. The molecule has 0 amide bonds. The van der Waals surface area contributed by atoms with Crippen molar-refractivity contribution < 1.29 is 9.53 Å². The number of ether oxygens (including phenoxy) is 1.